The fourth-order valence-corrected chi connectivity index (χ4v) is 3.26. The van der Waals surface area contributed by atoms with E-state index in [2.05, 4.69) is 0 Å². The molecule has 1 aliphatic rings. The Morgan fingerprint density at radius 3 is 2.89 bits per heavy atom. The summed E-state index contributed by atoms with van der Waals surface area (Å²) in [5.74, 6) is 0.815. The second kappa shape index (κ2) is 6.12. The van der Waals surface area contributed by atoms with Crippen molar-refractivity contribution in [3.8, 4) is 5.75 Å². The van der Waals surface area contributed by atoms with Crippen molar-refractivity contribution >= 4 is 11.6 Å². The lowest BCUT2D eigenvalue weighted by molar-refractivity contribution is -0.00613. The van der Waals surface area contributed by atoms with Crippen molar-refractivity contribution in [1.82, 2.24) is 0 Å². The Balaban J connectivity index is 2.29. The van der Waals surface area contributed by atoms with Crippen LogP contribution in [0.15, 0.2) is 18.2 Å². The van der Waals surface area contributed by atoms with Gasteiger partial charge >= 0.3 is 0 Å². The summed E-state index contributed by atoms with van der Waals surface area (Å²) in [6.45, 7) is 0.490. The minimum atomic E-state index is -0.338. The van der Waals surface area contributed by atoms with Crippen LogP contribution in [-0.4, -0.2) is 24.9 Å². The third-order valence-electron chi connectivity index (χ3n) is 4.30. The molecular weight excluding hydrogens is 262 g/mol. The van der Waals surface area contributed by atoms with Gasteiger partial charge in [0.15, 0.2) is 0 Å². The van der Waals surface area contributed by atoms with Gasteiger partial charge < -0.3 is 15.6 Å². The zero-order valence-corrected chi connectivity index (χ0v) is 12.1. The Kier molecular flexibility index (Phi) is 4.71. The molecule has 0 saturated heterocycles. The number of halogens is 1. The van der Waals surface area contributed by atoms with Crippen molar-refractivity contribution < 1.29 is 9.84 Å². The Bertz CT molecular complexity index is 438. The van der Waals surface area contributed by atoms with E-state index in [1.54, 1.807) is 7.11 Å². The number of aliphatic hydroxyl groups is 1. The fourth-order valence-electron chi connectivity index (χ4n) is 3.07. The normalized spacial score (nSPS) is 27.3. The zero-order valence-electron chi connectivity index (χ0n) is 11.4. The Morgan fingerprint density at radius 2 is 2.26 bits per heavy atom. The molecule has 0 aromatic heterocycles. The van der Waals surface area contributed by atoms with Crippen LogP contribution in [0.1, 0.15) is 31.2 Å². The smallest absolute Gasteiger partial charge is 0.122 e. The molecule has 0 radical (unpaired) electrons. The van der Waals surface area contributed by atoms with Crippen LogP contribution in [0.3, 0.4) is 0 Å². The number of nitrogens with two attached hydrogens (primary N) is 1. The van der Waals surface area contributed by atoms with Crippen LogP contribution >= 0.6 is 11.6 Å². The minimum Gasteiger partial charge on any atom is -0.496 e. The van der Waals surface area contributed by atoms with Crippen LogP contribution in [0, 0.1) is 5.41 Å². The van der Waals surface area contributed by atoms with Gasteiger partial charge in [0.25, 0.3) is 0 Å². The number of hydrogen-bond donors (Lipinski definition) is 2. The molecule has 1 aromatic rings. The maximum Gasteiger partial charge on any atom is 0.122 e. The van der Waals surface area contributed by atoms with E-state index >= 15 is 0 Å². The van der Waals surface area contributed by atoms with E-state index in [-0.39, 0.29) is 11.5 Å². The van der Waals surface area contributed by atoms with Crippen LogP contribution in [0.4, 0.5) is 0 Å². The molecule has 0 amide bonds. The fraction of sp³-hybridized carbons (Fsp3) is 0.600. The highest BCUT2D eigenvalue weighted by atomic mass is 35.5. The highest BCUT2D eigenvalue weighted by Crippen LogP contribution is 2.40. The molecule has 2 rings (SSSR count). The first-order valence-corrected chi connectivity index (χ1v) is 7.19. The summed E-state index contributed by atoms with van der Waals surface area (Å²) in [6, 6.07) is 5.60. The quantitative estimate of drug-likeness (QED) is 0.893. The van der Waals surface area contributed by atoms with Crippen molar-refractivity contribution in [2.45, 2.75) is 38.2 Å². The monoisotopic (exact) mass is 283 g/mol. The van der Waals surface area contributed by atoms with Gasteiger partial charge in [-0.2, -0.15) is 0 Å². The van der Waals surface area contributed by atoms with Crippen molar-refractivity contribution in [1.29, 1.82) is 0 Å². The molecular formula is C15H22ClNO2. The van der Waals surface area contributed by atoms with Crippen molar-refractivity contribution in [3.63, 3.8) is 0 Å². The van der Waals surface area contributed by atoms with E-state index in [9.17, 15) is 5.11 Å². The van der Waals surface area contributed by atoms with Crippen LogP contribution in [0.5, 0.6) is 5.75 Å². The number of hydrogen-bond acceptors (Lipinski definition) is 3. The SMILES string of the molecule is COc1ccc(Cl)cc1CC1(CN)CCCCC1O. The van der Waals surface area contributed by atoms with Gasteiger partial charge in [0.05, 0.1) is 13.2 Å². The molecule has 1 aliphatic carbocycles. The molecule has 0 aliphatic heterocycles. The van der Waals surface area contributed by atoms with Crippen molar-refractivity contribution in [3.05, 3.63) is 28.8 Å². The first-order valence-electron chi connectivity index (χ1n) is 6.82. The predicted molar refractivity (Wildman–Crippen MR) is 77.7 cm³/mol. The van der Waals surface area contributed by atoms with Crippen molar-refractivity contribution in [2.24, 2.45) is 11.1 Å². The average Bonchev–Trinajstić information content (AvgIpc) is 2.42. The molecule has 0 bridgehead atoms. The first-order chi connectivity index (χ1) is 9.11. The lowest BCUT2D eigenvalue weighted by Crippen LogP contribution is -2.45. The second-order valence-corrected chi connectivity index (χ2v) is 5.90. The molecule has 106 valence electrons. The molecule has 19 heavy (non-hydrogen) atoms. The number of benzene rings is 1. The largest absolute Gasteiger partial charge is 0.496 e. The number of aliphatic hydroxyl groups excluding tert-OH is 1. The summed E-state index contributed by atoms with van der Waals surface area (Å²) in [4.78, 5) is 0. The van der Waals surface area contributed by atoms with E-state index in [1.165, 1.54) is 0 Å². The van der Waals surface area contributed by atoms with E-state index in [0.717, 1.165) is 37.0 Å². The minimum absolute atomic E-state index is 0.240. The summed E-state index contributed by atoms with van der Waals surface area (Å²) in [7, 11) is 1.65. The second-order valence-electron chi connectivity index (χ2n) is 5.46. The molecule has 4 heteroatoms. The number of rotatable bonds is 4. The highest BCUT2D eigenvalue weighted by Gasteiger charge is 2.39. The zero-order chi connectivity index (χ0) is 13.9. The van der Waals surface area contributed by atoms with Gasteiger partial charge in [-0.3, -0.25) is 0 Å². The lowest BCUT2D eigenvalue weighted by atomic mass is 9.68. The van der Waals surface area contributed by atoms with E-state index in [0.29, 0.717) is 18.0 Å². The van der Waals surface area contributed by atoms with Gasteiger partial charge in [0.2, 0.25) is 0 Å². The van der Waals surface area contributed by atoms with E-state index < -0.39 is 0 Å². The topological polar surface area (TPSA) is 55.5 Å². The summed E-state index contributed by atoms with van der Waals surface area (Å²) in [5, 5.41) is 11.0. The summed E-state index contributed by atoms with van der Waals surface area (Å²) < 4.78 is 5.39. The highest BCUT2D eigenvalue weighted by molar-refractivity contribution is 6.30. The molecule has 1 fully saturated rings. The maximum absolute atomic E-state index is 10.4. The molecule has 0 heterocycles. The van der Waals surface area contributed by atoms with Gasteiger partial charge in [0.1, 0.15) is 5.75 Å². The number of methoxy groups -OCH3 is 1. The maximum atomic E-state index is 10.4. The first kappa shape index (κ1) is 14.6. The molecule has 3 nitrogen and oxygen atoms in total. The predicted octanol–water partition coefficient (Wildman–Crippen LogP) is 2.77. The van der Waals surface area contributed by atoms with E-state index in [1.807, 2.05) is 18.2 Å². The van der Waals surface area contributed by atoms with E-state index in [4.69, 9.17) is 22.1 Å². The van der Waals surface area contributed by atoms with Gasteiger partial charge in [0, 0.05) is 17.0 Å². The molecule has 1 saturated carbocycles. The molecule has 0 spiro atoms. The Morgan fingerprint density at radius 1 is 1.47 bits per heavy atom. The molecule has 3 N–H and O–H groups in total. The van der Waals surface area contributed by atoms with Gasteiger partial charge in [-0.15, -0.1) is 0 Å². The van der Waals surface area contributed by atoms with Crippen LogP contribution in [0.25, 0.3) is 0 Å². The van der Waals surface area contributed by atoms with Crippen molar-refractivity contribution in [2.75, 3.05) is 13.7 Å². The number of ether oxygens (including phenoxy) is 1. The lowest BCUT2D eigenvalue weighted by Gasteiger charge is -2.41. The average molecular weight is 284 g/mol. The van der Waals surface area contributed by atoms with Gasteiger partial charge in [-0.1, -0.05) is 24.4 Å². The summed E-state index contributed by atoms with van der Waals surface area (Å²) in [6.07, 6.45) is 4.37. The standard InChI is InChI=1S/C15H22ClNO2/c1-19-13-6-5-12(16)8-11(13)9-15(10-17)7-3-2-4-14(15)18/h5-6,8,14,18H,2-4,7,9-10,17H2,1H3. The van der Waals surface area contributed by atoms with Crippen LogP contribution in [-0.2, 0) is 6.42 Å². The van der Waals surface area contributed by atoms with Gasteiger partial charge in [-0.05, 0) is 43.0 Å². The Labute approximate surface area is 119 Å². The third kappa shape index (κ3) is 3.04. The molecule has 2 atom stereocenters. The third-order valence-corrected chi connectivity index (χ3v) is 4.54. The van der Waals surface area contributed by atoms with Gasteiger partial charge in [-0.25, -0.2) is 0 Å². The molecule has 1 aromatic carbocycles. The Hall–Kier alpha value is -0.770. The summed E-state index contributed by atoms with van der Waals surface area (Å²) in [5.41, 5.74) is 6.76. The van der Waals surface area contributed by atoms with Crippen LogP contribution < -0.4 is 10.5 Å². The summed E-state index contributed by atoms with van der Waals surface area (Å²) >= 11 is 6.07. The molecule has 2 unspecified atom stereocenters. The van der Waals surface area contributed by atoms with Crippen LogP contribution in [0.2, 0.25) is 5.02 Å².